The lowest BCUT2D eigenvalue weighted by Gasteiger charge is -2.14. The lowest BCUT2D eigenvalue weighted by molar-refractivity contribution is -0.275. The highest BCUT2D eigenvalue weighted by molar-refractivity contribution is 14.1. The van der Waals surface area contributed by atoms with E-state index in [1.807, 2.05) is 0 Å². The van der Waals surface area contributed by atoms with Crippen LogP contribution in [0.1, 0.15) is 11.3 Å². The fraction of sp³-hybridized carbons (Fsp3) is 0.333. The lowest BCUT2D eigenvalue weighted by atomic mass is 10.2. The van der Waals surface area contributed by atoms with E-state index >= 15 is 0 Å². The van der Waals surface area contributed by atoms with Crippen LogP contribution in [-0.4, -0.2) is 22.4 Å². The molecule has 0 saturated carbocycles. The molecule has 0 aliphatic rings. The van der Waals surface area contributed by atoms with Crippen molar-refractivity contribution < 1.29 is 27.8 Å². The smallest absolute Gasteiger partial charge is 0.481 e. The Balaban J connectivity index is 3.21. The van der Waals surface area contributed by atoms with Gasteiger partial charge in [-0.05, 0) is 35.1 Å². The average molecular weight is 361 g/mol. The molecule has 94 valence electrons. The van der Waals surface area contributed by atoms with E-state index in [2.05, 4.69) is 9.72 Å². The highest BCUT2D eigenvalue weighted by Crippen LogP contribution is 2.32. The van der Waals surface area contributed by atoms with Crippen molar-refractivity contribution in [2.75, 3.05) is 0 Å². The Labute approximate surface area is 108 Å². The summed E-state index contributed by atoms with van der Waals surface area (Å²) in [6.45, 7) is 1.56. The third-order valence-electron chi connectivity index (χ3n) is 1.76. The van der Waals surface area contributed by atoms with Crippen molar-refractivity contribution in [1.82, 2.24) is 4.98 Å². The number of aliphatic carboxylic acids is 1. The van der Waals surface area contributed by atoms with E-state index in [0.29, 0.717) is 5.56 Å². The third kappa shape index (κ3) is 4.02. The van der Waals surface area contributed by atoms with Gasteiger partial charge in [0.15, 0.2) is 5.75 Å². The van der Waals surface area contributed by atoms with Gasteiger partial charge in [-0.15, -0.1) is 13.2 Å². The van der Waals surface area contributed by atoms with Gasteiger partial charge in [-0.1, -0.05) is 0 Å². The number of aromatic nitrogens is 1. The van der Waals surface area contributed by atoms with Gasteiger partial charge in [-0.25, -0.2) is 0 Å². The molecule has 0 unspecified atom stereocenters. The van der Waals surface area contributed by atoms with Gasteiger partial charge in [0.25, 0.3) is 0 Å². The molecule has 1 aromatic rings. The van der Waals surface area contributed by atoms with E-state index in [-0.39, 0.29) is 9.26 Å². The topological polar surface area (TPSA) is 59.4 Å². The summed E-state index contributed by atoms with van der Waals surface area (Å²) in [6, 6.07) is 0. The minimum atomic E-state index is -4.87. The first-order valence-corrected chi connectivity index (χ1v) is 5.40. The van der Waals surface area contributed by atoms with Crippen molar-refractivity contribution in [3.8, 4) is 5.75 Å². The van der Waals surface area contributed by atoms with Gasteiger partial charge in [0.1, 0.15) is 0 Å². The van der Waals surface area contributed by atoms with Gasteiger partial charge >= 0.3 is 12.3 Å². The fourth-order valence-corrected chi connectivity index (χ4v) is 1.65. The number of halogens is 4. The van der Waals surface area contributed by atoms with Crippen LogP contribution in [0.4, 0.5) is 13.2 Å². The van der Waals surface area contributed by atoms with Crippen LogP contribution < -0.4 is 4.74 Å². The summed E-state index contributed by atoms with van der Waals surface area (Å²) in [5.41, 5.74) is 0.240. The maximum absolute atomic E-state index is 12.2. The number of rotatable bonds is 3. The normalized spacial score (nSPS) is 11.4. The van der Waals surface area contributed by atoms with Crippen LogP contribution in [0.2, 0.25) is 0 Å². The predicted octanol–water partition coefficient (Wildman–Crippen LogP) is 2.52. The predicted molar refractivity (Wildman–Crippen MR) is 59.7 cm³/mol. The molecular formula is C9H7F3INO3. The highest BCUT2D eigenvalue weighted by Gasteiger charge is 2.34. The zero-order valence-corrected chi connectivity index (χ0v) is 10.7. The molecule has 0 saturated heterocycles. The molecule has 0 radical (unpaired) electrons. The zero-order chi connectivity index (χ0) is 13.2. The van der Waals surface area contributed by atoms with Crippen LogP contribution in [0.25, 0.3) is 0 Å². The quantitative estimate of drug-likeness (QED) is 0.841. The number of hydrogen-bond donors (Lipinski definition) is 1. The molecule has 8 heteroatoms. The Kier molecular flexibility index (Phi) is 4.17. The van der Waals surface area contributed by atoms with Crippen LogP contribution in [0, 0.1) is 10.5 Å². The highest BCUT2D eigenvalue weighted by atomic mass is 127. The van der Waals surface area contributed by atoms with Crippen LogP contribution in [0.15, 0.2) is 6.20 Å². The van der Waals surface area contributed by atoms with E-state index in [1.54, 1.807) is 29.5 Å². The lowest BCUT2D eigenvalue weighted by Crippen LogP contribution is -2.20. The molecule has 0 atom stereocenters. The largest absolute Gasteiger partial charge is 0.573 e. The second-order valence-corrected chi connectivity index (χ2v) is 4.23. The number of aryl methyl sites for hydroxylation is 1. The number of nitrogens with zero attached hydrogens (tertiary/aromatic N) is 1. The van der Waals surface area contributed by atoms with Crippen molar-refractivity contribution in [1.29, 1.82) is 0 Å². The Morgan fingerprint density at radius 3 is 2.65 bits per heavy atom. The first kappa shape index (κ1) is 14.0. The molecule has 1 N–H and O–H groups in total. The molecule has 0 aliphatic carbocycles. The SMILES string of the molecule is Cc1cnc(CC(=O)O)c(OC(F)(F)F)c1I. The van der Waals surface area contributed by atoms with Crippen LogP contribution in [-0.2, 0) is 11.2 Å². The Hall–Kier alpha value is -1.06. The Morgan fingerprint density at radius 2 is 2.18 bits per heavy atom. The van der Waals surface area contributed by atoms with Gasteiger partial charge < -0.3 is 9.84 Å². The molecular weight excluding hydrogens is 354 g/mol. The summed E-state index contributed by atoms with van der Waals surface area (Å²) in [5.74, 6) is -1.82. The summed E-state index contributed by atoms with van der Waals surface area (Å²) in [5, 5.41) is 8.57. The Morgan fingerprint density at radius 1 is 1.59 bits per heavy atom. The second-order valence-electron chi connectivity index (χ2n) is 3.15. The standard InChI is InChI=1S/C9H7F3INO3/c1-4-3-14-5(2-6(15)16)8(7(4)13)17-9(10,11)12/h3H,2H2,1H3,(H,15,16). The molecule has 0 aliphatic heterocycles. The van der Waals surface area contributed by atoms with Crippen LogP contribution in [0.3, 0.4) is 0 Å². The molecule has 0 amide bonds. The minimum Gasteiger partial charge on any atom is -0.481 e. The number of carboxylic acid groups (broad SMARTS) is 1. The van der Waals surface area contributed by atoms with Gasteiger partial charge in [0.2, 0.25) is 0 Å². The van der Waals surface area contributed by atoms with Crippen molar-refractivity contribution >= 4 is 28.6 Å². The molecule has 1 aromatic heterocycles. The van der Waals surface area contributed by atoms with Crippen molar-refractivity contribution in [3.63, 3.8) is 0 Å². The fourth-order valence-electron chi connectivity index (χ4n) is 1.08. The molecule has 17 heavy (non-hydrogen) atoms. The third-order valence-corrected chi connectivity index (χ3v) is 3.10. The van der Waals surface area contributed by atoms with Crippen LogP contribution >= 0.6 is 22.6 Å². The number of carboxylic acids is 1. The molecule has 1 rings (SSSR count). The van der Waals surface area contributed by atoms with Gasteiger partial charge in [-0.3, -0.25) is 9.78 Å². The number of carbonyl (C=O) groups is 1. The van der Waals surface area contributed by atoms with E-state index in [0.717, 1.165) is 0 Å². The number of ether oxygens (including phenoxy) is 1. The molecule has 0 bridgehead atoms. The summed E-state index contributed by atoms with van der Waals surface area (Å²) in [4.78, 5) is 14.2. The Bertz CT molecular complexity index is 448. The summed E-state index contributed by atoms with van der Waals surface area (Å²) < 4.78 is 40.5. The van der Waals surface area contributed by atoms with Crippen molar-refractivity contribution in [3.05, 3.63) is 21.0 Å². The maximum Gasteiger partial charge on any atom is 0.573 e. The van der Waals surface area contributed by atoms with Gasteiger partial charge in [0, 0.05) is 6.20 Å². The van der Waals surface area contributed by atoms with Crippen molar-refractivity contribution in [2.45, 2.75) is 19.7 Å². The molecule has 4 nitrogen and oxygen atoms in total. The number of hydrogen-bond acceptors (Lipinski definition) is 3. The van der Waals surface area contributed by atoms with E-state index in [9.17, 15) is 18.0 Å². The molecule has 0 fully saturated rings. The van der Waals surface area contributed by atoms with E-state index in [4.69, 9.17) is 5.11 Å². The van der Waals surface area contributed by atoms with E-state index in [1.165, 1.54) is 6.20 Å². The number of pyridine rings is 1. The first-order valence-electron chi connectivity index (χ1n) is 4.32. The summed E-state index contributed by atoms with van der Waals surface area (Å²) in [7, 11) is 0. The molecule has 0 spiro atoms. The first-order chi connectivity index (χ1) is 7.70. The average Bonchev–Trinajstić information content (AvgIpc) is 2.15. The minimum absolute atomic E-state index is 0.200. The second kappa shape index (κ2) is 5.07. The summed E-state index contributed by atoms with van der Waals surface area (Å²) >= 11 is 1.66. The molecule has 0 aromatic carbocycles. The maximum atomic E-state index is 12.2. The summed E-state index contributed by atoms with van der Waals surface area (Å²) in [6.07, 6.45) is -4.19. The van der Waals surface area contributed by atoms with E-state index < -0.39 is 24.5 Å². The molecule has 1 heterocycles. The van der Waals surface area contributed by atoms with Gasteiger partial charge in [0.05, 0.1) is 15.7 Å². The monoisotopic (exact) mass is 361 g/mol. The van der Waals surface area contributed by atoms with Crippen molar-refractivity contribution in [2.24, 2.45) is 0 Å². The van der Waals surface area contributed by atoms with Crippen LogP contribution in [0.5, 0.6) is 5.75 Å². The number of alkyl halides is 3. The van der Waals surface area contributed by atoms with Gasteiger partial charge in [-0.2, -0.15) is 0 Å². The zero-order valence-electron chi connectivity index (χ0n) is 8.51.